The molecule has 2 rings (SSSR count). The average molecular weight is 378 g/mol. The van der Waals surface area contributed by atoms with Gasteiger partial charge < -0.3 is 5.32 Å². The van der Waals surface area contributed by atoms with Gasteiger partial charge in [-0.2, -0.15) is 5.10 Å². The van der Waals surface area contributed by atoms with Crippen LogP contribution in [-0.4, -0.2) is 37.6 Å². The molecule has 0 unspecified atom stereocenters. The van der Waals surface area contributed by atoms with Crippen LogP contribution < -0.4 is 15.6 Å². The van der Waals surface area contributed by atoms with Gasteiger partial charge >= 0.3 is 0 Å². The number of nitrogens with zero attached hydrogens (tertiary/aromatic N) is 1. The van der Waals surface area contributed by atoms with E-state index in [-0.39, 0.29) is 29.1 Å². The fourth-order valence-corrected chi connectivity index (χ4v) is 3.17. The molecule has 8 nitrogen and oxygen atoms in total. The molecule has 3 N–H and O–H groups in total. The van der Waals surface area contributed by atoms with Crippen LogP contribution in [0.5, 0.6) is 0 Å². The van der Waals surface area contributed by atoms with Gasteiger partial charge in [0.2, 0.25) is 10.0 Å². The van der Waals surface area contributed by atoms with Crippen molar-refractivity contribution in [1.29, 1.82) is 0 Å². The second-order valence-electron chi connectivity index (χ2n) is 6.73. The Morgan fingerprint density at radius 1 is 1.08 bits per heavy atom. The number of aromatic amines is 1. The van der Waals surface area contributed by atoms with Crippen LogP contribution in [0.1, 0.15) is 36.8 Å². The van der Waals surface area contributed by atoms with E-state index in [4.69, 9.17) is 0 Å². The van der Waals surface area contributed by atoms with Crippen molar-refractivity contribution >= 4 is 15.9 Å². The fraction of sp³-hybridized carbons (Fsp3) is 0.353. The summed E-state index contributed by atoms with van der Waals surface area (Å²) in [7, 11) is -3.66. The van der Waals surface area contributed by atoms with E-state index >= 15 is 0 Å². The van der Waals surface area contributed by atoms with Crippen molar-refractivity contribution in [2.45, 2.75) is 31.1 Å². The number of rotatable bonds is 6. The third-order valence-electron chi connectivity index (χ3n) is 3.65. The lowest BCUT2D eigenvalue weighted by Crippen LogP contribution is -2.35. The molecule has 1 aromatic heterocycles. The molecule has 0 spiro atoms. The number of hydrogen-bond donors (Lipinski definition) is 3. The minimum Gasteiger partial charge on any atom is -0.349 e. The summed E-state index contributed by atoms with van der Waals surface area (Å²) < 4.78 is 27.0. The van der Waals surface area contributed by atoms with Crippen LogP contribution in [-0.2, 0) is 15.4 Å². The van der Waals surface area contributed by atoms with E-state index in [2.05, 4.69) is 41.0 Å². The van der Waals surface area contributed by atoms with Crippen molar-refractivity contribution in [2.75, 3.05) is 13.1 Å². The first-order chi connectivity index (χ1) is 12.1. The second-order valence-corrected chi connectivity index (χ2v) is 8.50. The van der Waals surface area contributed by atoms with E-state index in [0.29, 0.717) is 0 Å². The highest BCUT2D eigenvalue weighted by atomic mass is 32.2. The van der Waals surface area contributed by atoms with Crippen molar-refractivity contribution in [3.63, 3.8) is 0 Å². The van der Waals surface area contributed by atoms with Crippen LogP contribution in [0.3, 0.4) is 0 Å². The van der Waals surface area contributed by atoms with Crippen molar-refractivity contribution in [2.24, 2.45) is 0 Å². The van der Waals surface area contributed by atoms with Gasteiger partial charge in [-0.15, -0.1) is 0 Å². The van der Waals surface area contributed by atoms with Gasteiger partial charge in [-0.05, 0) is 29.2 Å². The molecule has 1 aromatic carbocycles. The minimum absolute atomic E-state index is 0.0262. The van der Waals surface area contributed by atoms with Gasteiger partial charge in [0.25, 0.3) is 11.5 Å². The molecule has 9 heteroatoms. The van der Waals surface area contributed by atoms with Crippen LogP contribution in [0.4, 0.5) is 0 Å². The number of carbonyl (C=O) groups excluding carboxylic acids is 1. The Labute approximate surface area is 152 Å². The minimum atomic E-state index is -3.66. The lowest BCUT2D eigenvalue weighted by molar-refractivity contribution is 0.0948. The number of benzene rings is 1. The number of H-pyrrole nitrogens is 1. The molecule has 0 atom stereocenters. The van der Waals surface area contributed by atoms with E-state index in [1.54, 1.807) is 24.3 Å². The Bertz CT molecular complexity index is 908. The molecule has 26 heavy (non-hydrogen) atoms. The maximum absolute atomic E-state index is 12.3. The van der Waals surface area contributed by atoms with Crippen molar-refractivity contribution in [3.8, 4) is 0 Å². The lowest BCUT2D eigenvalue weighted by atomic mass is 9.87. The Balaban J connectivity index is 1.89. The smallest absolute Gasteiger partial charge is 0.271 e. The van der Waals surface area contributed by atoms with E-state index in [1.807, 2.05) is 0 Å². The van der Waals surface area contributed by atoms with Crippen LogP contribution >= 0.6 is 0 Å². The summed E-state index contributed by atoms with van der Waals surface area (Å²) in [6, 6.07) is 9.18. The predicted molar refractivity (Wildman–Crippen MR) is 97.5 cm³/mol. The number of aromatic nitrogens is 2. The van der Waals surface area contributed by atoms with Crippen molar-refractivity contribution in [3.05, 3.63) is 58.0 Å². The zero-order chi connectivity index (χ0) is 19.4. The first-order valence-corrected chi connectivity index (χ1v) is 9.52. The molecule has 2 aromatic rings. The monoisotopic (exact) mass is 378 g/mol. The van der Waals surface area contributed by atoms with E-state index in [1.165, 1.54) is 12.1 Å². The van der Waals surface area contributed by atoms with Gasteiger partial charge in [0, 0.05) is 19.2 Å². The van der Waals surface area contributed by atoms with E-state index < -0.39 is 21.5 Å². The summed E-state index contributed by atoms with van der Waals surface area (Å²) in [5.41, 5.74) is 0.615. The number of nitrogens with one attached hydrogen (secondary N) is 3. The van der Waals surface area contributed by atoms with Crippen LogP contribution in [0, 0.1) is 0 Å². The summed E-state index contributed by atoms with van der Waals surface area (Å²) in [4.78, 5) is 22.9. The van der Waals surface area contributed by atoms with Crippen LogP contribution in [0.2, 0.25) is 0 Å². The molecular weight excluding hydrogens is 356 g/mol. The zero-order valence-electron chi connectivity index (χ0n) is 14.9. The molecule has 0 saturated heterocycles. The quantitative estimate of drug-likeness (QED) is 0.641. The number of amides is 1. The van der Waals surface area contributed by atoms with Crippen molar-refractivity contribution in [1.82, 2.24) is 20.2 Å². The Hall–Kier alpha value is -2.52. The van der Waals surface area contributed by atoms with Gasteiger partial charge in [0.15, 0.2) is 0 Å². The van der Waals surface area contributed by atoms with Crippen LogP contribution in [0.15, 0.2) is 46.1 Å². The molecule has 0 aliphatic rings. The molecule has 0 aliphatic heterocycles. The Morgan fingerprint density at radius 2 is 1.73 bits per heavy atom. The first kappa shape index (κ1) is 19.8. The molecule has 140 valence electrons. The summed E-state index contributed by atoms with van der Waals surface area (Å²) >= 11 is 0. The van der Waals surface area contributed by atoms with E-state index in [0.717, 1.165) is 5.56 Å². The molecule has 0 aliphatic carbocycles. The summed E-state index contributed by atoms with van der Waals surface area (Å²) in [5, 5.41) is 8.27. The third-order valence-corrected chi connectivity index (χ3v) is 5.12. The second kappa shape index (κ2) is 7.79. The molecule has 0 fully saturated rings. The SMILES string of the molecule is CC(C)(C)c1ccc(S(=O)(=O)NCCNC(=O)c2ccc(=O)[nH]n2)cc1. The maximum Gasteiger partial charge on any atom is 0.271 e. The number of sulfonamides is 1. The summed E-state index contributed by atoms with van der Waals surface area (Å²) in [5.74, 6) is -0.505. The predicted octanol–water partition coefficient (Wildman–Crippen LogP) is 0.776. The van der Waals surface area contributed by atoms with Crippen molar-refractivity contribution < 1.29 is 13.2 Å². The first-order valence-electron chi connectivity index (χ1n) is 8.04. The Morgan fingerprint density at radius 3 is 2.27 bits per heavy atom. The molecular formula is C17H22N4O4S. The maximum atomic E-state index is 12.3. The fourth-order valence-electron chi connectivity index (χ4n) is 2.14. The molecule has 1 heterocycles. The third kappa shape index (κ3) is 5.24. The van der Waals surface area contributed by atoms with E-state index in [9.17, 15) is 18.0 Å². The van der Waals surface area contributed by atoms with Crippen LogP contribution in [0.25, 0.3) is 0 Å². The van der Waals surface area contributed by atoms with Gasteiger partial charge in [0.1, 0.15) is 5.69 Å². The summed E-state index contributed by atoms with van der Waals surface area (Å²) in [6.07, 6.45) is 0. The zero-order valence-corrected chi connectivity index (χ0v) is 15.7. The topological polar surface area (TPSA) is 121 Å². The molecule has 1 amide bonds. The highest BCUT2D eigenvalue weighted by molar-refractivity contribution is 7.89. The molecule has 0 bridgehead atoms. The van der Waals surface area contributed by atoms with Gasteiger partial charge in [0.05, 0.1) is 4.90 Å². The highest BCUT2D eigenvalue weighted by Crippen LogP contribution is 2.23. The normalized spacial score (nSPS) is 12.0. The standard InChI is InChI=1S/C17H22N4O4S/c1-17(2,3)12-4-6-13(7-5-12)26(24,25)19-11-10-18-16(23)14-8-9-15(22)21-20-14/h4-9,19H,10-11H2,1-3H3,(H,18,23)(H,21,22). The largest absolute Gasteiger partial charge is 0.349 e. The average Bonchev–Trinajstić information content (AvgIpc) is 2.58. The highest BCUT2D eigenvalue weighted by Gasteiger charge is 2.17. The lowest BCUT2D eigenvalue weighted by Gasteiger charge is -2.19. The van der Waals surface area contributed by atoms with Gasteiger partial charge in [-0.1, -0.05) is 32.9 Å². The summed E-state index contributed by atoms with van der Waals surface area (Å²) in [6.45, 7) is 6.26. The molecule has 0 radical (unpaired) electrons. The van der Waals surface area contributed by atoms with Gasteiger partial charge in [-0.3, -0.25) is 9.59 Å². The number of hydrogen-bond acceptors (Lipinski definition) is 5. The number of carbonyl (C=O) groups is 1. The molecule has 0 saturated carbocycles. The Kier molecular flexibility index (Phi) is 5.94. The van der Waals surface area contributed by atoms with Gasteiger partial charge in [-0.25, -0.2) is 18.2 Å².